The van der Waals surface area contributed by atoms with Gasteiger partial charge in [0.05, 0.1) is 22.9 Å². The molecular formula is C17H16BrN5OS. The first-order chi connectivity index (χ1) is 12.0. The van der Waals surface area contributed by atoms with Gasteiger partial charge in [-0.2, -0.15) is 5.10 Å². The first kappa shape index (κ1) is 16.4. The highest BCUT2D eigenvalue weighted by Gasteiger charge is 2.31. The van der Waals surface area contributed by atoms with Gasteiger partial charge in [0, 0.05) is 28.5 Å². The summed E-state index contributed by atoms with van der Waals surface area (Å²) in [6.45, 7) is 2.04. The minimum absolute atomic E-state index is 0.0240. The van der Waals surface area contributed by atoms with E-state index < -0.39 is 0 Å². The highest BCUT2D eigenvalue weighted by Crippen LogP contribution is 2.43. The van der Waals surface area contributed by atoms with Gasteiger partial charge < -0.3 is 5.32 Å². The van der Waals surface area contributed by atoms with Crippen molar-refractivity contribution >= 4 is 39.4 Å². The Hall–Kier alpha value is -2.06. The summed E-state index contributed by atoms with van der Waals surface area (Å²) in [6, 6.07) is 8.03. The number of thioether (sulfide) groups is 1. The molecule has 0 fully saturated rings. The average Bonchev–Trinajstić information content (AvgIpc) is 3.09. The minimum atomic E-state index is -0.0326. The largest absolute Gasteiger partial charge is 0.308 e. The fourth-order valence-electron chi connectivity index (χ4n) is 2.95. The van der Waals surface area contributed by atoms with Crippen molar-refractivity contribution in [3.05, 3.63) is 58.2 Å². The monoisotopic (exact) mass is 417 g/mol. The number of nitrogens with zero attached hydrogens (tertiary/aromatic N) is 4. The number of fused-ring (bicyclic) bond motifs is 1. The van der Waals surface area contributed by atoms with E-state index in [4.69, 9.17) is 0 Å². The highest BCUT2D eigenvalue weighted by atomic mass is 79.9. The maximum atomic E-state index is 12.1. The Balaban J connectivity index is 1.91. The van der Waals surface area contributed by atoms with Gasteiger partial charge in [0.25, 0.3) is 0 Å². The number of benzene rings is 1. The average molecular weight is 418 g/mol. The van der Waals surface area contributed by atoms with Crippen molar-refractivity contribution in [1.29, 1.82) is 0 Å². The molecule has 3 aromatic rings. The van der Waals surface area contributed by atoms with E-state index >= 15 is 0 Å². The Morgan fingerprint density at radius 3 is 2.96 bits per heavy atom. The summed E-state index contributed by atoms with van der Waals surface area (Å²) < 4.78 is 4.89. The molecule has 1 amide bonds. The van der Waals surface area contributed by atoms with E-state index in [2.05, 4.69) is 31.3 Å². The number of anilines is 1. The van der Waals surface area contributed by atoms with Crippen molar-refractivity contribution < 1.29 is 4.79 Å². The summed E-state index contributed by atoms with van der Waals surface area (Å²) in [5, 5.41) is 7.27. The number of hydrogen-bond acceptors (Lipinski definition) is 4. The summed E-state index contributed by atoms with van der Waals surface area (Å²) in [5.74, 6) is 0.964. The zero-order valence-electron chi connectivity index (χ0n) is 13.7. The topological polar surface area (TPSA) is 64.7 Å². The standard InChI is InChI=1S/C17H16BrN5OS/c1-10-13(7-20-22(10)2)16-15-17(21-14(24)8-25-16)19-9-23(15)12-5-3-4-11(18)6-12/h3-7,9,16H,8H2,1-2H3,(H,21,24)/t16-/m1/s1. The van der Waals surface area contributed by atoms with Crippen LogP contribution in [0.2, 0.25) is 0 Å². The lowest BCUT2D eigenvalue weighted by molar-refractivity contribution is -0.113. The van der Waals surface area contributed by atoms with Crippen LogP contribution in [0.3, 0.4) is 0 Å². The van der Waals surface area contributed by atoms with Crippen LogP contribution in [-0.4, -0.2) is 31.0 Å². The first-order valence-corrected chi connectivity index (χ1v) is 9.62. The molecule has 0 bridgehead atoms. The van der Waals surface area contributed by atoms with E-state index in [0.29, 0.717) is 11.6 Å². The second-order valence-electron chi connectivity index (χ2n) is 5.88. The van der Waals surface area contributed by atoms with E-state index in [0.717, 1.165) is 27.1 Å². The number of rotatable bonds is 2. The number of imidazole rings is 1. The van der Waals surface area contributed by atoms with Gasteiger partial charge >= 0.3 is 0 Å². The molecule has 6 nitrogen and oxygen atoms in total. The van der Waals surface area contributed by atoms with Crippen molar-refractivity contribution in [3.8, 4) is 5.69 Å². The molecule has 8 heteroatoms. The molecule has 0 saturated heterocycles. The first-order valence-electron chi connectivity index (χ1n) is 7.77. The van der Waals surface area contributed by atoms with Crippen LogP contribution in [0.4, 0.5) is 5.82 Å². The van der Waals surface area contributed by atoms with Gasteiger partial charge in [0.1, 0.15) is 6.33 Å². The number of carbonyl (C=O) groups excluding carboxylic acids is 1. The third-order valence-electron chi connectivity index (χ3n) is 4.33. The van der Waals surface area contributed by atoms with Crippen molar-refractivity contribution in [3.63, 3.8) is 0 Å². The second kappa shape index (κ2) is 6.34. The summed E-state index contributed by atoms with van der Waals surface area (Å²) in [4.78, 5) is 16.6. The number of amides is 1. The third-order valence-corrected chi connectivity index (χ3v) is 6.07. The van der Waals surface area contributed by atoms with Crippen LogP contribution in [0.25, 0.3) is 5.69 Å². The Bertz CT molecular complexity index is 964. The maximum Gasteiger partial charge on any atom is 0.235 e. The molecule has 2 aromatic heterocycles. The van der Waals surface area contributed by atoms with Gasteiger partial charge in [0.2, 0.25) is 5.91 Å². The number of aryl methyl sites for hydroxylation is 1. The molecule has 3 heterocycles. The molecule has 1 aliphatic rings. The van der Waals surface area contributed by atoms with Crippen molar-refractivity contribution in [2.75, 3.05) is 11.1 Å². The zero-order valence-corrected chi connectivity index (χ0v) is 16.1. The highest BCUT2D eigenvalue weighted by molar-refractivity contribution is 9.10. The Kier molecular flexibility index (Phi) is 4.16. The number of hydrogen-bond donors (Lipinski definition) is 1. The predicted octanol–water partition coefficient (Wildman–Crippen LogP) is 3.45. The van der Waals surface area contributed by atoms with E-state index in [1.807, 2.05) is 53.7 Å². The lowest BCUT2D eigenvalue weighted by Gasteiger charge is -2.17. The Morgan fingerprint density at radius 1 is 1.40 bits per heavy atom. The van der Waals surface area contributed by atoms with E-state index in [1.54, 1.807) is 18.1 Å². The molecule has 1 aliphatic heterocycles. The quantitative estimate of drug-likeness (QED) is 0.693. The number of aromatic nitrogens is 4. The van der Waals surface area contributed by atoms with E-state index in [-0.39, 0.29) is 11.2 Å². The predicted molar refractivity (Wildman–Crippen MR) is 102 cm³/mol. The van der Waals surface area contributed by atoms with Crippen LogP contribution in [0.1, 0.15) is 22.2 Å². The number of halogens is 1. The number of carbonyl (C=O) groups is 1. The van der Waals surface area contributed by atoms with Crippen LogP contribution in [0.15, 0.2) is 41.3 Å². The van der Waals surface area contributed by atoms with Crippen LogP contribution in [0, 0.1) is 6.92 Å². The molecule has 0 saturated carbocycles. The molecule has 1 atom stereocenters. The lowest BCUT2D eigenvalue weighted by atomic mass is 10.1. The van der Waals surface area contributed by atoms with Crippen LogP contribution in [0.5, 0.6) is 0 Å². The molecule has 128 valence electrons. The smallest absolute Gasteiger partial charge is 0.235 e. The molecule has 0 radical (unpaired) electrons. The Morgan fingerprint density at radius 2 is 2.24 bits per heavy atom. The molecule has 25 heavy (non-hydrogen) atoms. The van der Waals surface area contributed by atoms with Gasteiger partial charge in [-0.3, -0.25) is 14.0 Å². The molecule has 4 rings (SSSR count). The SMILES string of the molecule is Cc1c([C@H]2SCC(=O)Nc3ncn(-c4cccc(Br)c4)c32)cnn1C. The molecule has 0 aliphatic carbocycles. The third kappa shape index (κ3) is 2.89. The molecular weight excluding hydrogens is 402 g/mol. The minimum Gasteiger partial charge on any atom is -0.308 e. The lowest BCUT2D eigenvalue weighted by Crippen LogP contribution is -2.12. The van der Waals surface area contributed by atoms with Crippen LogP contribution < -0.4 is 5.32 Å². The van der Waals surface area contributed by atoms with Crippen molar-refractivity contribution in [2.24, 2.45) is 7.05 Å². The maximum absolute atomic E-state index is 12.1. The summed E-state index contributed by atoms with van der Waals surface area (Å²) in [7, 11) is 1.93. The van der Waals surface area contributed by atoms with E-state index in [1.165, 1.54) is 0 Å². The van der Waals surface area contributed by atoms with Gasteiger partial charge in [-0.05, 0) is 25.1 Å². The fraction of sp³-hybridized carbons (Fsp3) is 0.235. The van der Waals surface area contributed by atoms with Gasteiger partial charge in [-0.1, -0.05) is 22.0 Å². The fourth-order valence-corrected chi connectivity index (χ4v) is 4.52. The van der Waals surface area contributed by atoms with Gasteiger partial charge in [0.15, 0.2) is 5.82 Å². The second-order valence-corrected chi connectivity index (χ2v) is 7.89. The van der Waals surface area contributed by atoms with Crippen molar-refractivity contribution in [1.82, 2.24) is 19.3 Å². The normalized spacial score (nSPS) is 17.1. The molecule has 1 aromatic carbocycles. The van der Waals surface area contributed by atoms with E-state index in [9.17, 15) is 4.79 Å². The van der Waals surface area contributed by atoms with Gasteiger partial charge in [-0.25, -0.2) is 4.98 Å². The Labute approximate surface area is 157 Å². The summed E-state index contributed by atoms with van der Waals surface area (Å²) in [6.07, 6.45) is 3.64. The molecule has 0 spiro atoms. The molecule has 1 N–H and O–H groups in total. The molecule has 0 unspecified atom stereocenters. The van der Waals surface area contributed by atoms with Gasteiger partial charge in [-0.15, -0.1) is 11.8 Å². The number of nitrogens with one attached hydrogen (secondary N) is 1. The summed E-state index contributed by atoms with van der Waals surface area (Å²) in [5.41, 5.74) is 4.14. The van der Waals surface area contributed by atoms with Crippen molar-refractivity contribution in [2.45, 2.75) is 12.2 Å². The van der Waals surface area contributed by atoms with Crippen LogP contribution in [-0.2, 0) is 11.8 Å². The summed E-state index contributed by atoms with van der Waals surface area (Å²) >= 11 is 5.12. The zero-order chi connectivity index (χ0) is 17.6. The van der Waals surface area contributed by atoms with Crippen LogP contribution >= 0.6 is 27.7 Å².